The van der Waals surface area contributed by atoms with Crippen molar-refractivity contribution in [3.8, 4) is 17.0 Å². The molecule has 5 heteroatoms. The highest BCUT2D eigenvalue weighted by molar-refractivity contribution is 5.67. The lowest BCUT2D eigenvalue weighted by Gasteiger charge is -2.26. The summed E-state index contributed by atoms with van der Waals surface area (Å²) >= 11 is 0. The van der Waals surface area contributed by atoms with Crippen molar-refractivity contribution in [2.24, 2.45) is 0 Å². The van der Waals surface area contributed by atoms with Gasteiger partial charge in [-0.15, -0.1) is 10.2 Å². The lowest BCUT2D eigenvalue weighted by atomic mass is 10.1. The minimum absolute atomic E-state index is 0.621. The summed E-state index contributed by atoms with van der Waals surface area (Å²) in [5.74, 6) is 1.78. The van der Waals surface area contributed by atoms with Crippen LogP contribution in [0.1, 0.15) is 20.3 Å². The lowest BCUT2D eigenvalue weighted by Crippen LogP contribution is -2.37. The Morgan fingerprint density at radius 2 is 1.92 bits per heavy atom. The van der Waals surface area contributed by atoms with E-state index in [-0.39, 0.29) is 0 Å². The first-order valence-corrected chi connectivity index (χ1v) is 8.73. The van der Waals surface area contributed by atoms with E-state index in [2.05, 4.69) is 39.9 Å². The van der Waals surface area contributed by atoms with Crippen LogP contribution in [0.5, 0.6) is 5.75 Å². The maximum atomic E-state index is 5.41. The molecule has 0 radical (unpaired) electrons. The van der Waals surface area contributed by atoms with Gasteiger partial charge in [0, 0.05) is 24.7 Å². The van der Waals surface area contributed by atoms with E-state index in [0.717, 1.165) is 49.0 Å². The number of para-hydroxylation sites is 1. The zero-order valence-electron chi connectivity index (χ0n) is 14.8. The van der Waals surface area contributed by atoms with Crippen molar-refractivity contribution in [1.82, 2.24) is 15.1 Å². The quantitative estimate of drug-likeness (QED) is 0.816. The van der Waals surface area contributed by atoms with Crippen LogP contribution in [0.15, 0.2) is 36.4 Å². The van der Waals surface area contributed by atoms with Gasteiger partial charge < -0.3 is 9.64 Å². The molecule has 0 spiro atoms. The van der Waals surface area contributed by atoms with Gasteiger partial charge in [0.05, 0.1) is 12.8 Å². The number of methoxy groups -OCH3 is 1. The molecule has 1 aromatic carbocycles. The Hall–Kier alpha value is -2.14. The third kappa shape index (κ3) is 3.36. The van der Waals surface area contributed by atoms with Gasteiger partial charge in [-0.3, -0.25) is 4.90 Å². The Balaban J connectivity index is 1.74. The summed E-state index contributed by atoms with van der Waals surface area (Å²) in [6.45, 7) is 8.75. The molecule has 1 aromatic heterocycles. The molecule has 1 aliphatic heterocycles. The molecule has 2 heterocycles. The molecule has 0 amide bonds. The third-order valence-electron chi connectivity index (χ3n) is 4.85. The first-order valence-electron chi connectivity index (χ1n) is 8.73. The Kier molecular flexibility index (Phi) is 5.30. The SMILES string of the molecule is CCN(CC)[C@@H]1CCN(c2ccc(-c3ccccc3OC)nn2)C1. The molecule has 0 N–H and O–H groups in total. The number of nitrogens with zero attached hydrogens (tertiary/aromatic N) is 4. The Morgan fingerprint density at radius 3 is 2.58 bits per heavy atom. The molecule has 0 aliphatic carbocycles. The molecule has 1 atom stereocenters. The van der Waals surface area contributed by atoms with Gasteiger partial charge in [-0.1, -0.05) is 26.0 Å². The monoisotopic (exact) mass is 326 g/mol. The third-order valence-corrected chi connectivity index (χ3v) is 4.85. The number of ether oxygens (including phenoxy) is 1. The molecule has 2 aromatic rings. The van der Waals surface area contributed by atoms with Gasteiger partial charge in [-0.2, -0.15) is 0 Å². The second-order valence-corrected chi connectivity index (χ2v) is 6.09. The van der Waals surface area contributed by atoms with Gasteiger partial charge >= 0.3 is 0 Å². The minimum atomic E-state index is 0.621. The van der Waals surface area contributed by atoms with Crippen molar-refractivity contribution in [3.05, 3.63) is 36.4 Å². The number of aromatic nitrogens is 2. The van der Waals surface area contributed by atoms with Crippen molar-refractivity contribution in [2.75, 3.05) is 38.2 Å². The van der Waals surface area contributed by atoms with Crippen molar-refractivity contribution < 1.29 is 4.74 Å². The average molecular weight is 326 g/mol. The minimum Gasteiger partial charge on any atom is -0.496 e. The zero-order chi connectivity index (χ0) is 16.9. The highest BCUT2D eigenvalue weighted by atomic mass is 16.5. The predicted molar refractivity (Wildman–Crippen MR) is 97.6 cm³/mol. The van der Waals surface area contributed by atoms with Gasteiger partial charge in [0.1, 0.15) is 5.75 Å². The fourth-order valence-electron chi connectivity index (χ4n) is 3.48. The van der Waals surface area contributed by atoms with E-state index < -0.39 is 0 Å². The average Bonchev–Trinajstić information content (AvgIpc) is 3.13. The van der Waals surface area contributed by atoms with E-state index in [1.54, 1.807) is 7.11 Å². The number of benzene rings is 1. The molecule has 128 valence electrons. The van der Waals surface area contributed by atoms with Gasteiger partial charge in [0.25, 0.3) is 0 Å². The van der Waals surface area contributed by atoms with Crippen LogP contribution in [0.4, 0.5) is 5.82 Å². The van der Waals surface area contributed by atoms with Crippen LogP contribution in [-0.4, -0.2) is 54.4 Å². The summed E-state index contributed by atoms with van der Waals surface area (Å²) in [5, 5.41) is 8.89. The molecule has 24 heavy (non-hydrogen) atoms. The summed E-state index contributed by atoms with van der Waals surface area (Å²) in [5.41, 5.74) is 1.82. The standard InChI is InChI=1S/C19H26N4O/c1-4-22(5-2)15-12-13-23(14-15)19-11-10-17(20-21-19)16-8-6-7-9-18(16)24-3/h6-11,15H,4-5,12-14H2,1-3H3/t15-/m1/s1. The highest BCUT2D eigenvalue weighted by Gasteiger charge is 2.27. The summed E-state index contributed by atoms with van der Waals surface area (Å²) in [6, 6.07) is 12.6. The van der Waals surface area contributed by atoms with E-state index in [0.29, 0.717) is 6.04 Å². The van der Waals surface area contributed by atoms with Crippen molar-refractivity contribution in [2.45, 2.75) is 26.3 Å². The van der Waals surface area contributed by atoms with E-state index >= 15 is 0 Å². The molecule has 3 rings (SSSR count). The van der Waals surface area contributed by atoms with Gasteiger partial charge in [0.2, 0.25) is 0 Å². The Labute approximate surface area is 144 Å². The number of hydrogen-bond acceptors (Lipinski definition) is 5. The van der Waals surface area contributed by atoms with Crippen LogP contribution in [-0.2, 0) is 0 Å². The van der Waals surface area contributed by atoms with E-state index in [1.807, 2.05) is 30.3 Å². The normalized spacial score (nSPS) is 17.5. The topological polar surface area (TPSA) is 41.5 Å². The maximum absolute atomic E-state index is 5.41. The van der Waals surface area contributed by atoms with Crippen LogP contribution in [0.3, 0.4) is 0 Å². The summed E-state index contributed by atoms with van der Waals surface area (Å²) in [7, 11) is 1.68. The van der Waals surface area contributed by atoms with Crippen LogP contribution in [0.2, 0.25) is 0 Å². The number of likely N-dealkylation sites (N-methyl/N-ethyl adjacent to an activating group) is 1. The second kappa shape index (κ2) is 7.62. The molecule has 0 bridgehead atoms. The largest absolute Gasteiger partial charge is 0.496 e. The van der Waals surface area contributed by atoms with Gasteiger partial charge in [0.15, 0.2) is 5.82 Å². The van der Waals surface area contributed by atoms with Crippen molar-refractivity contribution >= 4 is 5.82 Å². The molecule has 0 unspecified atom stereocenters. The summed E-state index contributed by atoms with van der Waals surface area (Å²) in [4.78, 5) is 4.86. The van der Waals surface area contributed by atoms with Crippen LogP contribution in [0.25, 0.3) is 11.3 Å². The fraction of sp³-hybridized carbons (Fsp3) is 0.474. The lowest BCUT2D eigenvalue weighted by molar-refractivity contribution is 0.232. The number of anilines is 1. The smallest absolute Gasteiger partial charge is 0.151 e. The summed E-state index contributed by atoms with van der Waals surface area (Å²) < 4.78 is 5.41. The molecule has 0 saturated carbocycles. The van der Waals surface area contributed by atoms with Gasteiger partial charge in [-0.05, 0) is 43.8 Å². The Morgan fingerprint density at radius 1 is 1.12 bits per heavy atom. The predicted octanol–water partition coefficient (Wildman–Crippen LogP) is 3.07. The van der Waals surface area contributed by atoms with Gasteiger partial charge in [-0.25, -0.2) is 0 Å². The van der Waals surface area contributed by atoms with Crippen LogP contribution >= 0.6 is 0 Å². The van der Waals surface area contributed by atoms with Crippen LogP contribution in [0, 0.1) is 0 Å². The molecule has 1 aliphatic rings. The zero-order valence-corrected chi connectivity index (χ0v) is 14.8. The van der Waals surface area contributed by atoms with E-state index in [9.17, 15) is 0 Å². The molecular formula is C19H26N4O. The molecular weight excluding hydrogens is 300 g/mol. The molecule has 1 saturated heterocycles. The van der Waals surface area contributed by atoms with E-state index in [4.69, 9.17) is 4.74 Å². The number of hydrogen-bond donors (Lipinski definition) is 0. The maximum Gasteiger partial charge on any atom is 0.151 e. The fourth-order valence-corrected chi connectivity index (χ4v) is 3.48. The van der Waals surface area contributed by atoms with E-state index in [1.165, 1.54) is 6.42 Å². The first-order chi connectivity index (χ1) is 11.8. The van der Waals surface area contributed by atoms with Crippen molar-refractivity contribution in [1.29, 1.82) is 0 Å². The van der Waals surface area contributed by atoms with Crippen LogP contribution < -0.4 is 9.64 Å². The second-order valence-electron chi connectivity index (χ2n) is 6.09. The first kappa shape index (κ1) is 16.7. The number of rotatable bonds is 6. The summed E-state index contributed by atoms with van der Waals surface area (Å²) in [6.07, 6.45) is 1.19. The van der Waals surface area contributed by atoms with Crippen molar-refractivity contribution in [3.63, 3.8) is 0 Å². The Bertz CT molecular complexity index is 655. The molecule has 1 fully saturated rings. The molecule has 5 nitrogen and oxygen atoms in total. The highest BCUT2D eigenvalue weighted by Crippen LogP contribution is 2.29.